The van der Waals surface area contributed by atoms with Gasteiger partial charge in [-0.1, -0.05) is 0 Å². The molecule has 0 aliphatic heterocycles. The molecule has 0 rings (SSSR count). The van der Waals surface area contributed by atoms with Gasteiger partial charge in [-0.2, -0.15) is 0 Å². The molecule has 14 heavy (non-hydrogen) atoms. The Morgan fingerprint density at radius 1 is 1.36 bits per heavy atom. The summed E-state index contributed by atoms with van der Waals surface area (Å²) in [7, 11) is 0. The van der Waals surface area contributed by atoms with Gasteiger partial charge in [0.05, 0.1) is 0 Å². The summed E-state index contributed by atoms with van der Waals surface area (Å²) in [5, 5.41) is 7.42. The van der Waals surface area contributed by atoms with Crippen LogP contribution < -0.4 is 5.73 Å². The summed E-state index contributed by atoms with van der Waals surface area (Å²) in [5.41, 5.74) is 4.84. The largest absolute Gasteiger partial charge is 0.481 e. The van der Waals surface area contributed by atoms with Crippen LogP contribution in [0.5, 0.6) is 0 Å². The molecular weight excluding hydrogens is 186 g/mol. The third-order valence-electron chi connectivity index (χ3n) is 0.779. The minimum Gasteiger partial charge on any atom is -0.481 e. The van der Waals surface area contributed by atoms with Crippen LogP contribution in [0.4, 0.5) is 0 Å². The summed E-state index contributed by atoms with van der Waals surface area (Å²) in [4.78, 5) is 19.8. The van der Waals surface area contributed by atoms with Gasteiger partial charge < -0.3 is 15.6 Å². The van der Waals surface area contributed by atoms with Crippen molar-refractivity contribution < 1.29 is 19.4 Å². The first-order valence-corrected chi connectivity index (χ1v) is 4.24. The highest BCUT2D eigenvalue weighted by atomic mass is 16.6. The van der Waals surface area contributed by atoms with Crippen LogP contribution in [-0.2, 0) is 14.3 Å². The first kappa shape index (κ1) is 15.4. The minimum absolute atomic E-state index is 0.354. The Balaban J connectivity index is 0. The Hall–Kier alpha value is -1.10. The molecule has 0 aromatic rings. The van der Waals surface area contributed by atoms with Crippen LogP contribution in [0.25, 0.3) is 0 Å². The van der Waals surface area contributed by atoms with Crippen LogP contribution in [-0.4, -0.2) is 28.7 Å². The predicted octanol–water partition coefficient (Wildman–Crippen LogP) is 0.766. The van der Waals surface area contributed by atoms with Crippen molar-refractivity contribution in [3.8, 4) is 0 Å². The maximum atomic E-state index is 10.8. The molecule has 0 aliphatic carbocycles. The molecule has 0 bridgehead atoms. The van der Waals surface area contributed by atoms with E-state index in [1.807, 2.05) is 20.8 Å². The van der Waals surface area contributed by atoms with E-state index in [1.165, 1.54) is 0 Å². The van der Waals surface area contributed by atoms with Crippen LogP contribution in [0.3, 0.4) is 0 Å². The standard InChI is InChI=1S/C7H15NO2.C2H4O2/c1-5(8)6(9)10-7(2,3)4;1-2(3)4/h5H,8H2,1-4H3;1H3,(H,3,4). The summed E-state index contributed by atoms with van der Waals surface area (Å²) in [6, 6.07) is -0.528. The highest BCUT2D eigenvalue weighted by molar-refractivity contribution is 5.75. The zero-order valence-corrected chi connectivity index (χ0v) is 9.33. The maximum Gasteiger partial charge on any atom is 0.323 e. The van der Waals surface area contributed by atoms with Crippen LogP contribution >= 0.6 is 0 Å². The van der Waals surface area contributed by atoms with E-state index in [1.54, 1.807) is 6.92 Å². The summed E-state index contributed by atoms with van der Waals surface area (Å²) in [6.45, 7) is 8.13. The SMILES string of the molecule is CC(=O)O.CC(N)C(=O)OC(C)(C)C. The van der Waals surface area contributed by atoms with E-state index >= 15 is 0 Å². The highest BCUT2D eigenvalue weighted by Gasteiger charge is 2.18. The minimum atomic E-state index is -0.833. The third kappa shape index (κ3) is 17.1. The molecule has 84 valence electrons. The fourth-order valence-corrected chi connectivity index (χ4v) is 0.395. The number of carboxylic acids is 1. The lowest BCUT2D eigenvalue weighted by Crippen LogP contribution is -2.35. The van der Waals surface area contributed by atoms with Crippen molar-refractivity contribution in [3.05, 3.63) is 0 Å². The Labute approximate surface area is 84.2 Å². The molecule has 0 saturated carbocycles. The van der Waals surface area contributed by atoms with E-state index in [0.29, 0.717) is 0 Å². The molecule has 5 nitrogen and oxygen atoms in total. The number of carboxylic acid groups (broad SMARTS) is 1. The van der Waals surface area contributed by atoms with E-state index in [-0.39, 0.29) is 5.97 Å². The highest BCUT2D eigenvalue weighted by Crippen LogP contribution is 2.07. The van der Waals surface area contributed by atoms with Gasteiger partial charge in [-0.25, -0.2) is 0 Å². The number of hydrogen-bond donors (Lipinski definition) is 2. The van der Waals surface area contributed by atoms with E-state index in [9.17, 15) is 4.79 Å². The summed E-state index contributed by atoms with van der Waals surface area (Å²) in [5.74, 6) is -1.19. The smallest absolute Gasteiger partial charge is 0.323 e. The van der Waals surface area contributed by atoms with Gasteiger partial charge in [0.2, 0.25) is 0 Å². The lowest BCUT2D eigenvalue weighted by molar-refractivity contribution is -0.156. The number of nitrogens with two attached hydrogens (primary N) is 1. The number of carbonyl (C=O) groups excluding carboxylic acids is 1. The summed E-state index contributed by atoms with van der Waals surface area (Å²) >= 11 is 0. The molecule has 0 spiro atoms. The summed E-state index contributed by atoms with van der Waals surface area (Å²) < 4.78 is 4.94. The van der Waals surface area contributed by atoms with Gasteiger partial charge in [-0.05, 0) is 27.7 Å². The quantitative estimate of drug-likeness (QED) is 0.617. The number of rotatable bonds is 1. The van der Waals surface area contributed by atoms with E-state index in [0.717, 1.165) is 6.92 Å². The lowest BCUT2D eigenvalue weighted by atomic mass is 10.2. The molecule has 1 atom stereocenters. The zero-order valence-electron chi connectivity index (χ0n) is 9.33. The first-order valence-electron chi connectivity index (χ1n) is 4.24. The second-order valence-electron chi connectivity index (χ2n) is 3.84. The second kappa shape index (κ2) is 6.37. The van der Waals surface area contributed by atoms with E-state index in [2.05, 4.69) is 0 Å². The number of esters is 1. The van der Waals surface area contributed by atoms with Crippen molar-refractivity contribution in [2.24, 2.45) is 5.73 Å². The number of carbonyl (C=O) groups is 2. The van der Waals surface area contributed by atoms with Crippen molar-refractivity contribution >= 4 is 11.9 Å². The van der Waals surface area contributed by atoms with Gasteiger partial charge in [0.25, 0.3) is 5.97 Å². The molecule has 0 saturated heterocycles. The first-order chi connectivity index (χ1) is 6.06. The molecule has 0 heterocycles. The number of aliphatic carboxylic acids is 1. The zero-order chi connectivity index (χ0) is 11.9. The van der Waals surface area contributed by atoms with Gasteiger partial charge in [0.15, 0.2) is 0 Å². The molecule has 3 N–H and O–H groups in total. The lowest BCUT2D eigenvalue weighted by Gasteiger charge is -2.20. The Morgan fingerprint density at radius 3 is 1.71 bits per heavy atom. The van der Waals surface area contributed by atoms with Crippen LogP contribution in [0.1, 0.15) is 34.6 Å². The number of hydrogen-bond acceptors (Lipinski definition) is 4. The predicted molar refractivity (Wildman–Crippen MR) is 52.8 cm³/mol. The van der Waals surface area contributed by atoms with E-state index < -0.39 is 17.6 Å². The van der Waals surface area contributed by atoms with Gasteiger partial charge in [-0.3, -0.25) is 9.59 Å². The normalized spacial score (nSPS) is 12.1. The van der Waals surface area contributed by atoms with Crippen molar-refractivity contribution in [1.29, 1.82) is 0 Å². The number of ether oxygens (including phenoxy) is 1. The molecule has 0 aromatic carbocycles. The van der Waals surface area contributed by atoms with Gasteiger partial charge in [-0.15, -0.1) is 0 Å². The van der Waals surface area contributed by atoms with Crippen LogP contribution in [0.2, 0.25) is 0 Å². The summed E-state index contributed by atoms with van der Waals surface area (Å²) in [6.07, 6.45) is 0. The van der Waals surface area contributed by atoms with Crippen molar-refractivity contribution in [2.45, 2.75) is 46.3 Å². The maximum absolute atomic E-state index is 10.8. The molecule has 1 unspecified atom stereocenters. The fourth-order valence-electron chi connectivity index (χ4n) is 0.395. The molecule has 5 heteroatoms. The van der Waals surface area contributed by atoms with Gasteiger partial charge >= 0.3 is 5.97 Å². The monoisotopic (exact) mass is 205 g/mol. The van der Waals surface area contributed by atoms with Crippen LogP contribution in [0, 0.1) is 0 Å². The topological polar surface area (TPSA) is 89.6 Å². The average Bonchev–Trinajstić information content (AvgIpc) is 1.81. The molecule has 0 aliphatic rings. The molecular formula is C9H19NO4. The van der Waals surface area contributed by atoms with Crippen LogP contribution in [0.15, 0.2) is 0 Å². The fraction of sp³-hybridized carbons (Fsp3) is 0.778. The Kier molecular flexibility index (Phi) is 6.99. The third-order valence-corrected chi connectivity index (χ3v) is 0.779. The molecule has 0 aromatic heterocycles. The van der Waals surface area contributed by atoms with Gasteiger partial charge in [0.1, 0.15) is 11.6 Å². The second-order valence-corrected chi connectivity index (χ2v) is 3.84. The average molecular weight is 205 g/mol. The van der Waals surface area contributed by atoms with Crippen molar-refractivity contribution in [1.82, 2.24) is 0 Å². The molecule has 0 radical (unpaired) electrons. The molecule has 0 fully saturated rings. The Bertz CT molecular complexity index is 189. The van der Waals surface area contributed by atoms with E-state index in [4.69, 9.17) is 20.4 Å². The van der Waals surface area contributed by atoms with Crippen molar-refractivity contribution in [2.75, 3.05) is 0 Å². The van der Waals surface area contributed by atoms with Crippen molar-refractivity contribution in [3.63, 3.8) is 0 Å². The Morgan fingerprint density at radius 2 is 1.64 bits per heavy atom. The van der Waals surface area contributed by atoms with Gasteiger partial charge in [0, 0.05) is 6.92 Å². The molecule has 0 amide bonds.